The average molecular weight is 483 g/mol. The van der Waals surface area contributed by atoms with Crippen LogP contribution in [0.4, 0.5) is 5.13 Å². The van der Waals surface area contributed by atoms with Gasteiger partial charge < -0.3 is 19.4 Å². The van der Waals surface area contributed by atoms with Crippen LogP contribution >= 0.6 is 23.1 Å². The second-order valence-electron chi connectivity index (χ2n) is 6.73. The Labute approximate surface area is 199 Å². The van der Waals surface area contributed by atoms with Crippen molar-refractivity contribution in [2.24, 2.45) is 0 Å². The summed E-state index contributed by atoms with van der Waals surface area (Å²) in [4.78, 5) is 21.1. The van der Waals surface area contributed by atoms with Crippen molar-refractivity contribution in [2.75, 3.05) is 25.3 Å². The molecule has 4 aromatic rings. The van der Waals surface area contributed by atoms with E-state index in [2.05, 4.69) is 25.5 Å². The Kier molecular flexibility index (Phi) is 7.20. The highest BCUT2D eigenvalue weighted by molar-refractivity contribution is 7.99. The van der Waals surface area contributed by atoms with Crippen LogP contribution in [-0.4, -0.2) is 50.6 Å². The zero-order valence-electron chi connectivity index (χ0n) is 18.3. The summed E-state index contributed by atoms with van der Waals surface area (Å²) in [5.41, 5.74) is 2.47. The molecule has 0 fully saturated rings. The fourth-order valence-corrected chi connectivity index (χ4v) is 4.67. The Balaban J connectivity index is 1.41. The number of nitrogens with one attached hydrogen (secondary N) is 1. The van der Waals surface area contributed by atoms with E-state index in [9.17, 15) is 4.79 Å². The Hall–Kier alpha value is -3.44. The Morgan fingerprint density at radius 2 is 1.97 bits per heavy atom. The van der Waals surface area contributed by atoms with Crippen molar-refractivity contribution >= 4 is 34.1 Å². The minimum absolute atomic E-state index is 0.168. The summed E-state index contributed by atoms with van der Waals surface area (Å²) in [7, 11) is 3.20. The van der Waals surface area contributed by atoms with Gasteiger partial charge in [0.05, 0.1) is 25.7 Å². The maximum absolute atomic E-state index is 12.5. The van der Waals surface area contributed by atoms with Gasteiger partial charge in [0, 0.05) is 41.5 Å². The van der Waals surface area contributed by atoms with Crippen LogP contribution in [0.2, 0.25) is 0 Å². The van der Waals surface area contributed by atoms with Crippen LogP contribution in [0.25, 0.3) is 22.6 Å². The molecular formula is C22H22N6O3S2. The van der Waals surface area contributed by atoms with Gasteiger partial charge in [-0.3, -0.25) is 9.78 Å². The highest BCUT2D eigenvalue weighted by Crippen LogP contribution is 2.35. The lowest BCUT2D eigenvalue weighted by Gasteiger charge is -2.08. The van der Waals surface area contributed by atoms with E-state index < -0.39 is 0 Å². The first-order valence-electron chi connectivity index (χ1n) is 10.1. The first-order chi connectivity index (χ1) is 16.1. The molecule has 0 aliphatic heterocycles. The van der Waals surface area contributed by atoms with Gasteiger partial charge in [0.25, 0.3) is 0 Å². The number of nitrogens with zero attached hydrogens (tertiary/aromatic N) is 5. The number of benzene rings is 1. The summed E-state index contributed by atoms with van der Waals surface area (Å²) in [5.74, 6) is 2.12. The fourth-order valence-electron chi connectivity index (χ4n) is 3.15. The summed E-state index contributed by atoms with van der Waals surface area (Å²) >= 11 is 2.69. The van der Waals surface area contributed by atoms with Crippen molar-refractivity contribution in [1.82, 2.24) is 24.7 Å². The molecule has 0 atom stereocenters. The number of carbonyl (C=O) groups is 1. The van der Waals surface area contributed by atoms with Crippen LogP contribution in [-0.2, 0) is 11.3 Å². The van der Waals surface area contributed by atoms with Crippen LogP contribution in [0, 0.1) is 0 Å². The highest BCUT2D eigenvalue weighted by atomic mass is 32.2. The quantitative estimate of drug-likeness (QED) is 0.354. The zero-order chi connectivity index (χ0) is 23.2. The van der Waals surface area contributed by atoms with Crippen LogP contribution in [0.5, 0.6) is 11.5 Å². The van der Waals surface area contributed by atoms with E-state index in [1.54, 1.807) is 32.7 Å². The molecule has 0 saturated carbocycles. The molecule has 0 radical (unpaired) electrons. The van der Waals surface area contributed by atoms with Crippen molar-refractivity contribution in [2.45, 2.75) is 18.6 Å². The maximum Gasteiger partial charge on any atom is 0.236 e. The molecule has 1 aromatic carbocycles. The molecular weight excluding hydrogens is 460 g/mol. The molecule has 0 unspecified atom stereocenters. The molecule has 3 heterocycles. The normalized spacial score (nSPS) is 10.8. The number of thioether (sulfide) groups is 1. The predicted molar refractivity (Wildman–Crippen MR) is 129 cm³/mol. The van der Waals surface area contributed by atoms with Gasteiger partial charge in [-0.2, -0.15) is 0 Å². The van der Waals surface area contributed by atoms with Crippen LogP contribution in [0.15, 0.2) is 53.3 Å². The Morgan fingerprint density at radius 1 is 1.15 bits per heavy atom. The van der Waals surface area contributed by atoms with E-state index in [-0.39, 0.29) is 11.7 Å². The summed E-state index contributed by atoms with van der Waals surface area (Å²) in [5, 5.41) is 14.5. The monoisotopic (exact) mass is 482 g/mol. The van der Waals surface area contributed by atoms with Crippen molar-refractivity contribution in [3.05, 3.63) is 48.1 Å². The van der Waals surface area contributed by atoms with Crippen molar-refractivity contribution < 1.29 is 14.3 Å². The topological polar surface area (TPSA) is 104 Å². The van der Waals surface area contributed by atoms with Gasteiger partial charge >= 0.3 is 0 Å². The van der Waals surface area contributed by atoms with E-state index in [1.807, 2.05) is 41.1 Å². The predicted octanol–water partition coefficient (Wildman–Crippen LogP) is 4.23. The lowest BCUT2D eigenvalue weighted by atomic mass is 10.1. The number of aromatic nitrogens is 5. The number of anilines is 1. The number of hydrogen-bond donors (Lipinski definition) is 1. The number of methoxy groups -OCH3 is 2. The number of hydrogen-bond acceptors (Lipinski definition) is 9. The summed E-state index contributed by atoms with van der Waals surface area (Å²) in [6.07, 6.45) is 3.43. The lowest BCUT2D eigenvalue weighted by Crippen LogP contribution is -2.14. The number of carbonyl (C=O) groups excluding carboxylic acids is 1. The smallest absolute Gasteiger partial charge is 0.236 e. The molecule has 170 valence electrons. The summed E-state index contributed by atoms with van der Waals surface area (Å²) < 4.78 is 12.7. The summed E-state index contributed by atoms with van der Waals surface area (Å²) in [6, 6.07) is 9.29. The molecule has 0 bridgehead atoms. The van der Waals surface area contributed by atoms with Gasteiger partial charge in [-0.1, -0.05) is 11.8 Å². The van der Waals surface area contributed by atoms with Crippen LogP contribution in [0.3, 0.4) is 0 Å². The van der Waals surface area contributed by atoms with Crippen molar-refractivity contribution in [3.63, 3.8) is 0 Å². The molecule has 0 aliphatic rings. The van der Waals surface area contributed by atoms with E-state index in [1.165, 1.54) is 23.1 Å². The summed E-state index contributed by atoms with van der Waals surface area (Å²) in [6.45, 7) is 2.71. The van der Waals surface area contributed by atoms with Gasteiger partial charge in [-0.25, -0.2) is 4.98 Å². The van der Waals surface area contributed by atoms with Crippen molar-refractivity contribution in [1.29, 1.82) is 0 Å². The molecule has 3 aromatic heterocycles. The van der Waals surface area contributed by atoms with Gasteiger partial charge in [-0.05, 0) is 31.2 Å². The molecule has 9 nitrogen and oxygen atoms in total. The van der Waals surface area contributed by atoms with Gasteiger partial charge in [0.1, 0.15) is 11.5 Å². The van der Waals surface area contributed by atoms with Crippen LogP contribution in [0.1, 0.15) is 6.92 Å². The standard InChI is InChI=1S/C22H22N6O3S2/c1-4-28-20(14-7-9-23-10-8-14)26-27-22(28)33-13-19(29)25-21-24-17(12-32-21)16-6-5-15(30-2)11-18(16)31-3/h5-12H,4,13H2,1-3H3,(H,24,25,29). The number of ether oxygens (including phenoxy) is 2. The van der Waals surface area contributed by atoms with Gasteiger partial charge in [0.15, 0.2) is 16.1 Å². The van der Waals surface area contributed by atoms with Crippen LogP contribution < -0.4 is 14.8 Å². The highest BCUT2D eigenvalue weighted by Gasteiger charge is 2.16. The molecule has 0 saturated heterocycles. The second-order valence-corrected chi connectivity index (χ2v) is 8.53. The molecule has 11 heteroatoms. The van der Waals surface area contributed by atoms with E-state index in [0.717, 1.165) is 22.6 Å². The van der Waals surface area contributed by atoms with E-state index in [4.69, 9.17) is 9.47 Å². The third-order valence-corrected chi connectivity index (χ3v) is 6.46. The fraction of sp³-hybridized carbons (Fsp3) is 0.227. The molecule has 0 aliphatic carbocycles. The largest absolute Gasteiger partial charge is 0.497 e. The second kappa shape index (κ2) is 10.5. The first kappa shape index (κ1) is 22.7. The maximum atomic E-state index is 12.5. The minimum atomic E-state index is -0.168. The number of amides is 1. The van der Waals surface area contributed by atoms with Gasteiger partial charge in [0.2, 0.25) is 5.91 Å². The van der Waals surface area contributed by atoms with E-state index in [0.29, 0.717) is 28.3 Å². The number of thiazole rings is 1. The SMILES string of the molecule is CCn1c(SCC(=O)Nc2nc(-c3ccc(OC)cc3OC)cs2)nnc1-c1ccncc1. The Morgan fingerprint density at radius 3 is 2.70 bits per heavy atom. The molecule has 0 spiro atoms. The van der Waals surface area contributed by atoms with Gasteiger partial charge in [-0.15, -0.1) is 21.5 Å². The zero-order valence-corrected chi connectivity index (χ0v) is 19.9. The third kappa shape index (κ3) is 5.15. The number of rotatable bonds is 9. The molecule has 1 N–H and O–H groups in total. The third-order valence-electron chi connectivity index (χ3n) is 4.74. The molecule has 4 rings (SSSR count). The molecule has 33 heavy (non-hydrogen) atoms. The minimum Gasteiger partial charge on any atom is -0.497 e. The Bertz CT molecular complexity index is 1240. The number of pyridine rings is 1. The lowest BCUT2D eigenvalue weighted by molar-refractivity contribution is -0.113. The average Bonchev–Trinajstić information content (AvgIpc) is 3.49. The molecule has 1 amide bonds. The van der Waals surface area contributed by atoms with E-state index >= 15 is 0 Å². The van der Waals surface area contributed by atoms with Crippen molar-refractivity contribution in [3.8, 4) is 34.1 Å². The first-order valence-corrected chi connectivity index (χ1v) is 11.9.